The van der Waals surface area contributed by atoms with E-state index in [1.54, 1.807) is 5.57 Å². The fourth-order valence-electron chi connectivity index (χ4n) is 11.9. The molecule has 0 radical (unpaired) electrons. The first-order valence-electron chi connectivity index (χ1n) is 16.3. The molecule has 7 fully saturated rings. The molecular formula is C33H48O6. The second kappa shape index (κ2) is 8.55. The van der Waals surface area contributed by atoms with Crippen LogP contribution in [-0.4, -0.2) is 49.1 Å². The fourth-order valence-corrected chi connectivity index (χ4v) is 11.9. The molecule has 0 aromatic carbocycles. The summed E-state index contributed by atoms with van der Waals surface area (Å²) in [4.78, 5) is 12.5. The van der Waals surface area contributed by atoms with Gasteiger partial charge in [-0.1, -0.05) is 25.5 Å². The van der Waals surface area contributed by atoms with Gasteiger partial charge in [0.15, 0.2) is 11.6 Å². The molecule has 6 heteroatoms. The minimum Gasteiger partial charge on any atom is -0.466 e. The molecule has 216 valence electrons. The van der Waals surface area contributed by atoms with Crippen LogP contribution in [-0.2, 0) is 28.5 Å². The van der Waals surface area contributed by atoms with Crippen molar-refractivity contribution in [2.45, 2.75) is 128 Å². The number of esters is 1. The van der Waals surface area contributed by atoms with Gasteiger partial charge in [0.25, 0.3) is 0 Å². The number of hydrogen-bond donors (Lipinski definition) is 0. The van der Waals surface area contributed by atoms with E-state index in [4.69, 9.17) is 23.7 Å². The van der Waals surface area contributed by atoms with Gasteiger partial charge in [0, 0.05) is 31.1 Å². The number of carbonyl (C=O) groups excluding carboxylic acids is 1. The lowest BCUT2D eigenvalue weighted by Gasteiger charge is -2.69. The summed E-state index contributed by atoms with van der Waals surface area (Å²) >= 11 is 0. The van der Waals surface area contributed by atoms with Crippen LogP contribution in [0.3, 0.4) is 0 Å². The molecule has 11 atom stereocenters. The van der Waals surface area contributed by atoms with E-state index < -0.39 is 17.2 Å². The van der Waals surface area contributed by atoms with E-state index in [1.807, 2.05) is 6.92 Å². The molecule has 2 bridgehead atoms. The molecule has 0 aromatic rings. The summed E-state index contributed by atoms with van der Waals surface area (Å²) in [6, 6.07) is 0. The predicted molar refractivity (Wildman–Crippen MR) is 144 cm³/mol. The molecule has 0 aromatic heterocycles. The first-order valence-corrected chi connectivity index (χ1v) is 16.3. The second-order valence-electron chi connectivity index (χ2n) is 14.8. The van der Waals surface area contributed by atoms with Gasteiger partial charge in [-0.25, -0.2) is 0 Å². The maximum Gasteiger partial charge on any atom is 0.306 e. The molecule has 4 heterocycles. The minimum atomic E-state index is -0.620. The molecule has 0 N–H and O–H groups in total. The fraction of sp³-hybridized carbons (Fsp3) is 0.909. The zero-order valence-electron chi connectivity index (χ0n) is 24.3. The van der Waals surface area contributed by atoms with E-state index in [2.05, 4.69) is 19.9 Å². The van der Waals surface area contributed by atoms with Crippen molar-refractivity contribution < 1.29 is 28.5 Å². The van der Waals surface area contributed by atoms with Crippen LogP contribution in [0.25, 0.3) is 0 Å². The van der Waals surface area contributed by atoms with Crippen LogP contribution in [0.4, 0.5) is 0 Å². The van der Waals surface area contributed by atoms with E-state index >= 15 is 0 Å². The Labute approximate surface area is 233 Å². The normalized spacial score (nSPS) is 55.2. The van der Waals surface area contributed by atoms with Crippen LogP contribution < -0.4 is 0 Å². The van der Waals surface area contributed by atoms with Crippen LogP contribution >= 0.6 is 0 Å². The topological polar surface area (TPSA) is 63.2 Å². The summed E-state index contributed by atoms with van der Waals surface area (Å²) in [6.45, 7) is 9.00. The van der Waals surface area contributed by atoms with Crippen LogP contribution in [0.1, 0.15) is 104 Å². The maximum atomic E-state index is 12.5. The van der Waals surface area contributed by atoms with Crippen LogP contribution in [0, 0.1) is 40.4 Å². The Hall–Kier alpha value is -0.950. The largest absolute Gasteiger partial charge is 0.466 e. The molecule has 0 amide bonds. The highest BCUT2D eigenvalue weighted by Crippen LogP contribution is 2.77. The Morgan fingerprint density at radius 3 is 2.56 bits per heavy atom. The third-order valence-corrected chi connectivity index (χ3v) is 13.6. The number of allylic oxidation sites excluding steroid dienone is 1. The lowest BCUT2D eigenvalue weighted by Crippen LogP contribution is -2.79. The van der Waals surface area contributed by atoms with Crippen molar-refractivity contribution in [3.63, 3.8) is 0 Å². The Bertz CT molecular complexity index is 1060. The lowest BCUT2D eigenvalue weighted by atomic mass is 9.43. The van der Waals surface area contributed by atoms with E-state index in [-0.39, 0.29) is 28.8 Å². The summed E-state index contributed by atoms with van der Waals surface area (Å²) in [5.41, 5.74) is 1.39. The van der Waals surface area contributed by atoms with E-state index in [1.165, 1.54) is 25.7 Å². The number of fused-ring (bicyclic) bond motifs is 6. The molecule has 4 saturated heterocycles. The highest BCUT2D eigenvalue weighted by molar-refractivity contribution is 5.69. The number of carbonyl (C=O) groups is 1. The van der Waals surface area contributed by atoms with Crippen molar-refractivity contribution in [3.05, 3.63) is 11.6 Å². The highest BCUT2D eigenvalue weighted by atomic mass is 16.8. The summed E-state index contributed by atoms with van der Waals surface area (Å²) in [5, 5.41) is 0. The number of rotatable bonds is 3. The smallest absolute Gasteiger partial charge is 0.306 e. The summed E-state index contributed by atoms with van der Waals surface area (Å²) in [6.07, 6.45) is 16.6. The van der Waals surface area contributed by atoms with Gasteiger partial charge in [-0.15, -0.1) is 0 Å². The summed E-state index contributed by atoms with van der Waals surface area (Å²) < 4.78 is 33.1. The number of ether oxygens (including phenoxy) is 5. The first-order chi connectivity index (χ1) is 18.8. The SMILES string of the molecule is CCOC(=O)C[C@H]1CC[C@H]2[C@@H]3CC=C4C[C@]56OC7(CCCCO7)[C@H]5[C@@H](OC65CCCCO5)[C@]4(C)[C@H]3CC[C@]12C. The maximum absolute atomic E-state index is 12.5. The second-order valence-corrected chi connectivity index (χ2v) is 14.8. The summed E-state index contributed by atoms with van der Waals surface area (Å²) in [7, 11) is 0. The molecule has 6 nitrogen and oxygen atoms in total. The van der Waals surface area contributed by atoms with Gasteiger partial charge in [0.05, 0.1) is 31.8 Å². The van der Waals surface area contributed by atoms with Gasteiger partial charge < -0.3 is 23.7 Å². The van der Waals surface area contributed by atoms with Crippen molar-refractivity contribution in [1.82, 2.24) is 0 Å². The van der Waals surface area contributed by atoms with E-state index in [0.717, 1.165) is 64.6 Å². The van der Waals surface area contributed by atoms with Gasteiger partial charge in [0.2, 0.25) is 0 Å². The Morgan fingerprint density at radius 1 is 1.00 bits per heavy atom. The van der Waals surface area contributed by atoms with Crippen molar-refractivity contribution in [1.29, 1.82) is 0 Å². The first kappa shape index (κ1) is 25.7. The monoisotopic (exact) mass is 540 g/mol. The van der Waals surface area contributed by atoms with Crippen LogP contribution in [0.5, 0.6) is 0 Å². The standard InChI is InChI=1S/C33H48O6/c1-4-35-26(34)19-21-10-12-24-23-11-9-22-20-31-27(32(39-31)14-5-7-17-36-32)28(38-33(31)15-6-8-18-37-33)30(22,3)25(23)13-16-29(21,24)2/h9,21,23-25,27-28H,4-8,10-20H2,1-3H3/t21-,23+,24+,25+,27+,28-,29-,30+,31+,32?,33?/m1/s1. The molecule has 2 spiro atoms. The van der Waals surface area contributed by atoms with Crippen LogP contribution in [0.2, 0.25) is 0 Å². The van der Waals surface area contributed by atoms with Gasteiger partial charge >= 0.3 is 5.97 Å². The average molecular weight is 541 g/mol. The minimum absolute atomic E-state index is 0.00666. The molecule has 4 aliphatic carbocycles. The van der Waals surface area contributed by atoms with Crippen LogP contribution in [0.15, 0.2) is 11.6 Å². The Morgan fingerprint density at radius 2 is 1.82 bits per heavy atom. The molecule has 3 saturated carbocycles. The molecule has 4 aliphatic heterocycles. The third-order valence-electron chi connectivity index (χ3n) is 13.6. The molecule has 8 rings (SSSR count). The van der Waals surface area contributed by atoms with Gasteiger partial charge in [-0.2, -0.15) is 0 Å². The van der Waals surface area contributed by atoms with E-state index in [0.29, 0.717) is 36.7 Å². The summed E-state index contributed by atoms with van der Waals surface area (Å²) in [5.74, 6) is 1.48. The highest BCUT2D eigenvalue weighted by Gasteiger charge is 2.86. The molecule has 39 heavy (non-hydrogen) atoms. The van der Waals surface area contributed by atoms with Gasteiger partial charge in [-0.3, -0.25) is 4.79 Å². The van der Waals surface area contributed by atoms with Gasteiger partial charge in [0.1, 0.15) is 5.60 Å². The quantitative estimate of drug-likeness (QED) is 0.309. The Balaban J connectivity index is 1.15. The van der Waals surface area contributed by atoms with Gasteiger partial charge in [-0.05, 0) is 93.8 Å². The lowest BCUT2D eigenvalue weighted by molar-refractivity contribution is -0.467. The zero-order valence-corrected chi connectivity index (χ0v) is 24.3. The predicted octanol–water partition coefficient (Wildman–Crippen LogP) is 6.32. The molecule has 8 aliphatic rings. The number of hydrogen-bond acceptors (Lipinski definition) is 6. The average Bonchev–Trinajstić information content (AvgIpc) is 3.33. The van der Waals surface area contributed by atoms with E-state index in [9.17, 15) is 4.79 Å². The van der Waals surface area contributed by atoms with Crippen molar-refractivity contribution >= 4 is 5.97 Å². The molecular weight excluding hydrogens is 492 g/mol. The molecule has 2 unspecified atom stereocenters. The van der Waals surface area contributed by atoms with Crippen molar-refractivity contribution in [2.24, 2.45) is 40.4 Å². The Kier molecular flexibility index (Phi) is 5.64. The third kappa shape index (κ3) is 3.11. The van der Waals surface area contributed by atoms with Crippen molar-refractivity contribution in [3.8, 4) is 0 Å². The van der Waals surface area contributed by atoms with Crippen molar-refractivity contribution in [2.75, 3.05) is 19.8 Å². The zero-order chi connectivity index (χ0) is 26.7.